The number of aryl methyl sites for hydroxylation is 1. The highest BCUT2D eigenvalue weighted by atomic mass is 79.9. The SMILES string of the molecule is O=C(CCc1ccccc1F)Nc1ccc(Br)c(Cl)c1. The minimum absolute atomic E-state index is 0.174. The molecule has 0 atom stereocenters. The third-order valence-corrected chi connectivity index (χ3v) is 4.02. The van der Waals surface area contributed by atoms with Gasteiger partial charge in [-0.2, -0.15) is 0 Å². The van der Waals surface area contributed by atoms with Crippen LogP contribution in [0.4, 0.5) is 10.1 Å². The molecule has 2 nitrogen and oxygen atoms in total. The molecule has 20 heavy (non-hydrogen) atoms. The molecule has 0 aromatic heterocycles. The number of hydrogen-bond donors (Lipinski definition) is 1. The van der Waals surface area contributed by atoms with Crippen LogP contribution in [0.5, 0.6) is 0 Å². The monoisotopic (exact) mass is 355 g/mol. The van der Waals surface area contributed by atoms with E-state index in [1.165, 1.54) is 6.07 Å². The minimum Gasteiger partial charge on any atom is -0.326 e. The first-order valence-electron chi connectivity index (χ1n) is 6.04. The maximum absolute atomic E-state index is 13.4. The molecule has 0 fully saturated rings. The van der Waals surface area contributed by atoms with Gasteiger partial charge >= 0.3 is 0 Å². The summed E-state index contributed by atoms with van der Waals surface area (Å²) in [5, 5.41) is 3.26. The second kappa shape index (κ2) is 6.86. The van der Waals surface area contributed by atoms with Crippen molar-refractivity contribution in [2.75, 3.05) is 5.32 Å². The largest absolute Gasteiger partial charge is 0.326 e. The summed E-state index contributed by atoms with van der Waals surface area (Å²) in [5.41, 5.74) is 1.16. The van der Waals surface area contributed by atoms with E-state index in [-0.39, 0.29) is 18.1 Å². The Labute approximate surface area is 130 Å². The van der Waals surface area contributed by atoms with E-state index in [4.69, 9.17) is 11.6 Å². The lowest BCUT2D eigenvalue weighted by Gasteiger charge is -2.07. The van der Waals surface area contributed by atoms with Gasteiger partial charge in [0.15, 0.2) is 0 Å². The highest BCUT2D eigenvalue weighted by molar-refractivity contribution is 9.10. The topological polar surface area (TPSA) is 29.1 Å². The first-order chi connectivity index (χ1) is 9.56. The van der Waals surface area contributed by atoms with E-state index >= 15 is 0 Å². The predicted octanol–water partition coefficient (Wildman–Crippen LogP) is 4.81. The molecule has 0 aliphatic rings. The third-order valence-electron chi connectivity index (χ3n) is 2.78. The van der Waals surface area contributed by atoms with E-state index in [1.807, 2.05) is 0 Å². The summed E-state index contributed by atoms with van der Waals surface area (Å²) in [4.78, 5) is 11.8. The first-order valence-corrected chi connectivity index (χ1v) is 7.21. The molecular weight excluding hydrogens is 345 g/mol. The van der Waals surface area contributed by atoms with Gasteiger partial charge in [0.1, 0.15) is 5.82 Å². The molecule has 5 heteroatoms. The van der Waals surface area contributed by atoms with Crippen molar-refractivity contribution in [2.24, 2.45) is 0 Å². The molecule has 0 saturated heterocycles. The average Bonchev–Trinajstić information content (AvgIpc) is 2.42. The first kappa shape index (κ1) is 15.0. The van der Waals surface area contributed by atoms with Crippen LogP contribution in [0.25, 0.3) is 0 Å². The maximum Gasteiger partial charge on any atom is 0.224 e. The standard InChI is InChI=1S/C15H12BrClFNO/c16-12-7-6-11(9-13(12)17)19-15(20)8-5-10-3-1-2-4-14(10)18/h1-4,6-7,9H,5,8H2,(H,19,20). The Kier molecular flexibility index (Phi) is 5.15. The number of nitrogens with one attached hydrogen (secondary N) is 1. The lowest BCUT2D eigenvalue weighted by atomic mass is 10.1. The fraction of sp³-hybridized carbons (Fsp3) is 0.133. The summed E-state index contributed by atoms with van der Waals surface area (Å²) in [7, 11) is 0. The normalized spacial score (nSPS) is 10.3. The van der Waals surface area contributed by atoms with Gasteiger partial charge in [0.2, 0.25) is 5.91 Å². The number of benzene rings is 2. The summed E-state index contributed by atoms with van der Waals surface area (Å²) in [6.45, 7) is 0. The highest BCUT2D eigenvalue weighted by Crippen LogP contribution is 2.25. The molecule has 2 aromatic rings. The molecule has 0 aliphatic carbocycles. The summed E-state index contributed by atoms with van der Waals surface area (Å²) in [5.74, 6) is -0.460. The zero-order valence-corrected chi connectivity index (χ0v) is 12.8. The molecular formula is C15H12BrClFNO. The van der Waals surface area contributed by atoms with E-state index in [2.05, 4.69) is 21.2 Å². The van der Waals surface area contributed by atoms with Crippen LogP contribution in [0.2, 0.25) is 5.02 Å². The summed E-state index contributed by atoms with van der Waals surface area (Å²) < 4.78 is 14.2. The van der Waals surface area contributed by atoms with Crippen LogP contribution in [-0.2, 0) is 11.2 Å². The van der Waals surface area contributed by atoms with Crippen molar-refractivity contribution in [2.45, 2.75) is 12.8 Å². The summed E-state index contributed by atoms with van der Waals surface area (Å²) >= 11 is 9.22. The van der Waals surface area contributed by atoms with Gasteiger partial charge in [0, 0.05) is 16.6 Å². The molecule has 0 saturated carbocycles. The molecule has 0 aliphatic heterocycles. The minimum atomic E-state index is -0.285. The second-order valence-electron chi connectivity index (χ2n) is 4.27. The van der Waals surface area contributed by atoms with Crippen LogP contribution in [-0.4, -0.2) is 5.91 Å². The Hall–Kier alpha value is -1.39. The number of hydrogen-bond acceptors (Lipinski definition) is 1. The highest BCUT2D eigenvalue weighted by Gasteiger charge is 2.07. The zero-order chi connectivity index (χ0) is 14.5. The van der Waals surface area contributed by atoms with Gasteiger partial charge in [-0.25, -0.2) is 4.39 Å². The van der Waals surface area contributed by atoms with Crippen LogP contribution in [0.3, 0.4) is 0 Å². The lowest BCUT2D eigenvalue weighted by molar-refractivity contribution is -0.116. The summed E-state index contributed by atoms with van der Waals surface area (Å²) in [6.07, 6.45) is 0.581. The molecule has 0 unspecified atom stereocenters. The van der Waals surface area contributed by atoms with Crippen molar-refractivity contribution < 1.29 is 9.18 Å². The van der Waals surface area contributed by atoms with Gasteiger partial charge in [-0.05, 0) is 52.2 Å². The van der Waals surface area contributed by atoms with Crippen LogP contribution >= 0.6 is 27.5 Å². The van der Waals surface area contributed by atoms with Crippen molar-refractivity contribution in [1.29, 1.82) is 0 Å². The van der Waals surface area contributed by atoms with E-state index in [1.54, 1.807) is 36.4 Å². The van der Waals surface area contributed by atoms with Gasteiger partial charge in [-0.3, -0.25) is 4.79 Å². The van der Waals surface area contributed by atoms with Crippen molar-refractivity contribution in [3.05, 3.63) is 63.3 Å². The van der Waals surface area contributed by atoms with E-state index in [0.29, 0.717) is 22.7 Å². The quantitative estimate of drug-likeness (QED) is 0.836. The van der Waals surface area contributed by atoms with Crippen LogP contribution in [0.1, 0.15) is 12.0 Å². The Morgan fingerprint density at radius 1 is 1.25 bits per heavy atom. The molecule has 104 valence electrons. The van der Waals surface area contributed by atoms with Crippen molar-refractivity contribution in [3.63, 3.8) is 0 Å². The molecule has 0 heterocycles. The van der Waals surface area contributed by atoms with Gasteiger partial charge in [0.25, 0.3) is 0 Å². The van der Waals surface area contributed by atoms with E-state index < -0.39 is 0 Å². The van der Waals surface area contributed by atoms with Gasteiger partial charge in [-0.15, -0.1) is 0 Å². The number of anilines is 1. The molecule has 0 spiro atoms. The zero-order valence-electron chi connectivity index (χ0n) is 10.5. The van der Waals surface area contributed by atoms with E-state index in [0.717, 1.165) is 4.47 Å². The number of halogens is 3. The maximum atomic E-state index is 13.4. The van der Waals surface area contributed by atoms with Crippen molar-refractivity contribution >= 4 is 39.1 Å². The van der Waals surface area contributed by atoms with Crippen molar-refractivity contribution in [3.8, 4) is 0 Å². The molecule has 2 rings (SSSR count). The predicted molar refractivity (Wildman–Crippen MR) is 82.5 cm³/mol. The number of rotatable bonds is 4. The second-order valence-corrected chi connectivity index (χ2v) is 5.53. The molecule has 2 aromatic carbocycles. The molecule has 0 bridgehead atoms. The molecule has 1 N–H and O–H groups in total. The van der Waals surface area contributed by atoms with Gasteiger partial charge in [0.05, 0.1) is 5.02 Å². The van der Waals surface area contributed by atoms with Crippen LogP contribution in [0, 0.1) is 5.82 Å². The summed E-state index contributed by atoms with van der Waals surface area (Å²) in [6, 6.07) is 11.6. The van der Waals surface area contributed by atoms with Crippen LogP contribution < -0.4 is 5.32 Å². The van der Waals surface area contributed by atoms with Crippen LogP contribution in [0.15, 0.2) is 46.9 Å². The fourth-order valence-corrected chi connectivity index (χ4v) is 2.17. The lowest BCUT2D eigenvalue weighted by Crippen LogP contribution is -2.12. The Bertz CT molecular complexity index is 633. The number of amides is 1. The fourth-order valence-electron chi connectivity index (χ4n) is 1.75. The number of carbonyl (C=O) groups is 1. The smallest absolute Gasteiger partial charge is 0.224 e. The Morgan fingerprint density at radius 3 is 2.70 bits per heavy atom. The van der Waals surface area contributed by atoms with Gasteiger partial charge in [-0.1, -0.05) is 29.8 Å². The van der Waals surface area contributed by atoms with Gasteiger partial charge < -0.3 is 5.32 Å². The van der Waals surface area contributed by atoms with E-state index in [9.17, 15) is 9.18 Å². The average molecular weight is 357 g/mol. The number of carbonyl (C=O) groups excluding carboxylic acids is 1. The van der Waals surface area contributed by atoms with Crippen molar-refractivity contribution in [1.82, 2.24) is 0 Å². The molecule has 1 amide bonds. The third kappa shape index (κ3) is 4.05. The molecule has 0 radical (unpaired) electrons. The Morgan fingerprint density at radius 2 is 2.00 bits per heavy atom. The Balaban J connectivity index is 1.93.